The average molecular weight is 374 g/mol. The quantitative estimate of drug-likeness (QED) is 0.877. The van der Waals surface area contributed by atoms with E-state index in [2.05, 4.69) is 5.10 Å². The number of amides is 1. The summed E-state index contributed by atoms with van der Waals surface area (Å²) < 4.78 is 45.3. The third-order valence-corrected chi connectivity index (χ3v) is 3.94. The van der Waals surface area contributed by atoms with Crippen LogP contribution in [0, 0.1) is 0 Å². The van der Waals surface area contributed by atoms with Gasteiger partial charge in [-0.25, -0.2) is 0 Å². The first kappa shape index (κ1) is 19.0. The average Bonchev–Trinajstić information content (AvgIpc) is 2.92. The van der Waals surface area contributed by atoms with E-state index in [-0.39, 0.29) is 43.2 Å². The van der Waals surface area contributed by atoms with Gasteiger partial charge in [0.05, 0.1) is 30.6 Å². The molecule has 1 aliphatic rings. The normalized spacial score (nSPS) is 17.1. The van der Waals surface area contributed by atoms with Crippen molar-refractivity contribution >= 4 is 30.8 Å². The number of hydrogen-bond acceptors (Lipinski definition) is 4. The fourth-order valence-electron chi connectivity index (χ4n) is 2.79. The summed E-state index contributed by atoms with van der Waals surface area (Å²) in [4.78, 5) is 14.0. The lowest BCUT2D eigenvalue weighted by Gasteiger charge is -2.32. The number of methoxy groups -OCH3 is 1. The Balaban J connectivity index is 0.00000225. The van der Waals surface area contributed by atoms with E-state index < -0.39 is 17.6 Å². The number of nitrogens with zero attached hydrogens (tertiary/aromatic N) is 3. The number of benzene rings is 1. The van der Waals surface area contributed by atoms with Gasteiger partial charge in [0.15, 0.2) is 0 Å². The van der Waals surface area contributed by atoms with Gasteiger partial charge in [0.2, 0.25) is 0 Å². The molecule has 1 aromatic carbocycles. The van der Waals surface area contributed by atoms with Crippen LogP contribution in [0.3, 0.4) is 0 Å². The van der Waals surface area contributed by atoms with E-state index in [0.717, 1.165) is 13.2 Å². The first-order valence-electron chi connectivity index (χ1n) is 7.14. The summed E-state index contributed by atoms with van der Waals surface area (Å²) in [6.45, 7) is 2.11. The molecule has 1 amide bonds. The van der Waals surface area contributed by atoms with Crippen LogP contribution in [0.25, 0.3) is 0 Å². The van der Waals surface area contributed by atoms with Gasteiger partial charge in [0.1, 0.15) is 11.4 Å². The van der Waals surface area contributed by atoms with Crippen LogP contribution in [-0.4, -0.2) is 29.3 Å². The first-order chi connectivity index (χ1) is 11.2. The molecule has 136 valence electrons. The number of rotatable bonds is 2. The maximum Gasteiger partial charge on any atom is 0.419 e. The van der Waals surface area contributed by atoms with Crippen molar-refractivity contribution < 1.29 is 22.7 Å². The molecule has 0 aliphatic carbocycles. The zero-order valence-electron chi connectivity index (χ0n) is 13.5. The molecule has 2 heterocycles. The zero-order valence-corrected chi connectivity index (χ0v) is 14.5. The van der Waals surface area contributed by atoms with E-state index >= 15 is 0 Å². The van der Waals surface area contributed by atoms with Crippen molar-refractivity contribution in [2.45, 2.75) is 19.1 Å². The van der Waals surface area contributed by atoms with Gasteiger partial charge in [-0.1, -0.05) is 0 Å². The Morgan fingerprint density at radius 2 is 2.04 bits per heavy atom. The van der Waals surface area contributed by atoms with Gasteiger partial charge in [-0.15, -0.1) is 0 Å². The van der Waals surface area contributed by atoms with Crippen LogP contribution in [0.15, 0.2) is 24.4 Å². The zero-order chi connectivity index (χ0) is 17.6. The second-order valence-corrected chi connectivity index (χ2v) is 5.54. The molecular weight excluding hydrogens is 357 g/mol. The summed E-state index contributed by atoms with van der Waals surface area (Å²) in [6, 6.07) is 3.19. The van der Waals surface area contributed by atoms with Crippen molar-refractivity contribution in [3.8, 4) is 5.75 Å². The highest BCUT2D eigenvalue weighted by Gasteiger charge is 2.36. The van der Waals surface area contributed by atoms with Crippen molar-refractivity contribution in [1.82, 2.24) is 9.78 Å². The van der Waals surface area contributed by atoms with Gasteiger partial charge < -0.3 is 15.4 Å². The summed E-state index contributed by atoms with van der Waals surface area (Å²) in [6.07, 6.45) is -3.15. The molecule has 1 aromatic heterocycles. The predicted molar refractivity (Wildman–Crippen MR) is 91.4 cm³/mol. The molecule has 0 saturated carbocycles. The van der Waals surface area contributed by atoms with E-state index in [1.54, 1.807) is 0 Å². The molecule has 25 heavy (non-hydrogen) atoms. The van der Waals surface area contributed by atoms with Gasteiger partial charge in [0.25, 0.3) is 5.91 Å². The van der Waals surface area contributed by atoms with Crippen molar-refractivity contribution in [3.05, 3.63) is 35.7 Å². The third kappa shape index (κ3) is 3.13. The van der Waals surface area contributed by atoms with Crippen LogP contribution >= 0.6 is 13.5 Å². The number of ether oxygens (including phenoxy) is 1. The minimum absolute atomic E-state index is 0. The van der Waals surface area contributed by atoms with Gasteiger partial charge in [-0.05, 0) is 19.1 Å². The minimum Gasteiger partial charge on any atom is -0.496 e. The molecule has 0 fully saturated rings. The molecule has 0 bridgehead atoms. The predicted octanol–water partition coefficient (Wildman–Crippen LogP) is 2.83. The van der Waals surface area contributed by atoms with E-state index in [9.17, 15) is 18.0 Å². The smallest absolute Gasteiger partial charge is 0.419 e. The highest BCUT2D eigenvalue weighted by Crippen LogP contribution is 2.39. The summed E-state index contributed by atoms with van der Waals surface area (Å²) in [7, 11) is 1.15. The topological polar surface area (TPSA) is 73.4 Å². The van der Waals surface area contributed by atoms with Crippen LogP contribution in [0.1, 0.15) is 29.0 Å². The molecular formula is C15H17F3N4O2S. The second-order valence-electron chi connectivity index (χ2n) is 5.54. The van der Waals surface area contributed by atoms with Gasteiger partial charge in [-0.2, -0.15) is 31.8 Å². The van der Waals surface area contributed by atoms with E-state index in [1.165, 1.54) is 27.9 Å². The summed E-state index contributed by atoms with van der Waals surface area (Å²) in [5, 5.41) is 4.07. The fraction of sp³-hybridized carbons (Fsp3) is 0.333. The first-order valence-corrected chi connectivity index (χ1v) is 7.14. The highest BCUT2D eigenvalue weighted by atomic mass is 32.1. The van der Waals surface area contributed by atoms with Crippen molar-refractivity contribution in [2.24, 2.45) is 0 Å². The number of halogens is 3. The van der Waals surface area contributed by atoms with E-state index in [1.807, 2.05) is 6.92 Å². The van der Waals surface area contributed by atoms with Crippen molar-refractivity contribution in [2.75, 3.05) is 24.3 Å². The SMILES string of the molecule is COc1cc(N2C[C@H](C)n3ncc(N)c3C2=O)ccc1C(F)(F)F.S. The van der Waals surface area contributed by atoms with Gasteiger partial charge >= 0.3 is 6.18 Å². The van der Waals surface area contributed by atoms with E-state index in [0.29, 0.717) is 5.69 Å². The number of carbonyl (C=O) groups excluding carboxylic acids is 1. The van der Waals surface area contributed by atoms with E-state index in [4.69, 9.17) is 10.5 Å². The Kier molecular flexibility index (Phi) is 4.94. The largest absolute Gasteiger partial charge is 0.496 e. The van der Waals surface area contributed by atoms with Crippen LogP contribution in [0.4, 0.5) is 24.5 Å². The molecule has 0 radical (unpaired) electrons. The number of nitrogens with two attached hydrogens (primary N) is 1. The number of hydrogen-bond donors (Lipinski definition) is 1. The number of nitrogen functional groups attached to an aromatic ring is 1. The summed E-state index contributed by atoms with van der Waals surface area (Å²) in [5.74, 6) is -0.752. The number of anilines is 2. The number of fused-ring (bicyclic) bond motifs is 1. The molecule has 2 aromatic rings. The molecule has 1 aliphatic heterocycles. The maximum absolute atomic E-state index is 13.0. The molecule has 0 saturated heterocycles. The molecule has 0 unspecified atom stereocenters. The van der Waals surface area contributed by atoms with Crippen molar-refractivity contribution in [3.63, 3.8) is 0 Å². The second kappa shape index (κ2) is 6.51. The van der Waals surface area contributed by atoms with Crippen LogP contribution < -0.4 is 15.4 Å². The van der Waals surface area contributed by atoms with Crippen LogP contribution in [0.5, 0.6) is 5.75 Å². The molecule has 3 rings (SSSR count). The highest BCUT2D eigenvalue weighted by molar-refractivity contribution is 7.59. The molecule has 1 atom stereocenters. The summed E-state index contributed by atoms with van der Waals surface area (Å²) >= 11 is 0. The van der Waals surface area contributed by atoms with Crippen LogP contribution in [0.2, 0.25) is 0 Å². The number of aromatic nitrogens is 2. The Labute approximate surface area is 148 Å². The Hall–Kier alpha value is -2.36. The van der Waals surface area contributed by atoms with Crippen LogP contribution in [-0.2, 0) is 6.18 Å². The van der Waals surface area contributed by atoms with Crippen molar-refractivity contribution in [1.29, 1.82) is 0 Å². The summed E-state index contributed by atoms with van der Waals surface area (Å²) in [5.41, 5.74) is 5.66. The Morgan fingerprint density at radius 1 is 1.36 bits per heavy atom. The molecule has 10 heteroatoms. The molecule has 0 spiro atoms. The third-order valence-electron chi connectivity index (χ3n) is 3.94. The number of carbonyl (C=O) groups is 1. The Bertz CT molecular complexity index is 807. The molecule has 6 nitrogen and oxygen atoms in total. The Morgan fingerprint density at radius 3 is 2.64 bits per heavy atom. The maximum atomic E-state index is 13.0. The number of alkyl halides is 3. The fourth-order valence-corrected chi connectivity index (χ4v) is 2.79. The van der Waals surface area contributed by atoms with Gasteiger partial charge in [0, 0.05) is 18.3 Å². The monoisotopic (exact) mass is 374 g/mol. The minimum atomic E-state index is -4.54. The lowest BCUT2D eigenvalue weighted by molar-refractivity contribution is -0.138. The lowest BCUT2D eigenvalue weighted by Crippen LogP contribution is -2.43. The standard InChI is InChI=1S/C15H15F3N4O2.H2S/c1-8-7-21(14(23)13-11(19)6-20-22(8)13)9-3-4-10(15(16,17)18)12(5-9)24-2;/h3-6,8H,7,19H2,1-2H3;1H2/t8-;/m0./s1. The lowest BCUT2D eigenvalue weighted by atomic mass is 10.1. The molecule has 2 N–H and O–H groups in total. The van der Waals surface area contributed by atoms with Gasteiger partial charge in [-0.3, -0.25) is 9.48 Å².